The normalized spacial score (nSPS) is 20.2. The average Bonchev–Trinajstić information content (AvgIpc) is 2.39. The number of hydrogen-bond acceptors (Lipinski definition) is 3. The number of aliphatic hydroxyl groups is 2. The lowest BCUT2D eigenvalue weighted by Crippen LogP contribution is -2.43. The fraction of sp³-hybridized carbons (Fsp3) is 0.600. The molecule has 1 aromatic rings. The van der Waals surface area contributed by atoms with Crippen molar-refractivity contribution in [3.63, 3.8) is 0 Å². The Morgan fingerprint density at radius 2 is 2.00 bits per heavy atom. The van der Waals surface area contributed by atoms with Crippen molar-refractivity contribution >= 4 is 0 Å². The highest BCUT2D eigenvalue weighted by molar-refractivity contribution is 5.18. The van der Waals surface area contributed by atoms with Crippen LogP contribution in [0.3, 0.4) is 0 Å². The Balaban J connectivity index is 1.79. The third-order valence-corrected chi connectivity index (χ3v) is 3.81. The SMILES string of the molecule is OC(CNCC1(O)CCCCC1)c1cccc(F)c1. The lowest BCUT2D eigenvalue weighted by molar-refractivity contribution is 0.00263. The number of hydrogen-bond donors (Lipinski definition) is 3. The van der Waals surface area contributed by atoms with Crippen LogP contribution in [-0.2, 0) is 0 Å². The summed E-state index contributed by atoms with van der Waals surface area (Å²) in [5.74, 6) is -0.345. The van der Waals surface area contributed by atoms with Crippen LogP contribution >= 0.6 is 0 Å². The number of rotatable bonds is 5. The minimum Gasteiger partial charge on any atom is -0.389 e. The van der Waals surface area contributed by atoms with Crippen LogP contribution in [0.5, 0.6) is 0 Å². The maximum atomic E-state index is 13.0. The molecule has 3 nitrogen and oxygen atoms in total. The molecule has 0 bridgehead atoms. The molecule has 0 aliphatic heterocycles. The van der Waals surface area contributed by atoms with Gasteiger partial charge >= 0.3 is 0 Å². The van der Waals surface area contributed by atoms with E-state index in [-0.39, 0.29) is 5.82 Å². The summed E-state index contributed by atoms with van der Waals surface area (Å²) >= 11 is 0. The molecule has 3 N–H and O–H groups in total. The molecule has 0 radical (unpaired) electrons. The second kappa shape index (κ2) is 6.46. The lowest BCUT2D eigenvalue weighted by Gasteiger charge is -2.32. The van der Waals surface area contributed by atoms with Crippen LogP contribution in [-0.4, -0.2) is 28.9 Å². The lowest BCUT2D eigenvalue weighted by atomic mass is 9.85. The van der Waals surface area contributed by atoms with Crippen molar-refractivity contribution in [1.82, 2.24) is 5.32 Å². The minimum absolute atomic E-state index is 0.325. The van der Waals surface area contributed by atoms with E-state index in [1.54, 1.807) is 12.1 Å². The molecule has 1 aromatic carbocycles. The standard InChI is InChI=1S/C15H22FNO2/c16-13-6-4-5-12(9-13)14(18)10-17-11-15(19)7-2-1-3-8-15/h4-6,9,14,17-19H,1-3,7-8,10-11H2. The Hall–Kier alpha value is -0.970. The van der Waals surface area contributed by atoms with Gasteiger partial charge in [0.05, 0.1) is 11.7 Å². The van der Waals surface area contributed by atoms with E-state index in [1.807, 2.05) is 0 Å². The van der Waals surface area contributed by atoms with Gasteiger partial charge in [0.2, 0.25) is 0 Å². The van der Waals surface area contributed by atoms with Crippen molar-refractivity contribution in [2.75, 3.05) is 13.1 Å². The van der Waals surface area contributed by atoms with E-state index in [1.165, 1.54) is 18.6 Å². The zero-order chi connectivity index (χ0) is 13.7. The first kappa shape index (κ1) is 14.4. The molecule has 0 aromatic heterocycles. The van der Waals surface area contributed by atoms with Gasteiger partial charge in [0.15, 0.2) is 0 Å². The smallest absolute Gasteiger partial charge is 0.123 e. The van der Waals surface area contributed by atoms with Gasteiger partial charge in [-0.05, 0) is 30.5 Å². The molecule has 0 spiro atoms. The predicted molar refractivity (Wildman–Crippen MR) is 72.3 cm³/mol. The molecular weight excluding hydrogens is 245 g/mol. The summed E-state index contributed by atoms with van der Waals surface area (Å²) in [6.07, 6.45) is 4.19. The Bertz CT molecular complexity index is 405. The Morgan fingerprint density at radius 1 is 1.26 bits per heavy atom. The zero-order valence-corrected chi connectivity index (χ0v) is 11.1. The van der Waals surface area contributed by atoms with Gasteiger partial charge in [0, 0.05) is 13.1 Å². The Morgan fingerprint density at radius 3 is 2.68 bits per heavy atom. The van der Waals surface area contributed by atoms with E-state index in [2.05, 4.69) is 5.32 Å². The molecule has 19 heavy (non-hydrogen) atoms. The topological polar surface area (TPSA) is 52.5 Å². The third kappa shape index (κ3) is 4.27. The van der Waals surface area contributed by atoms with Crippen LogP contribution in [0.1, 0.15) is 43.8 Å². The highest BCUT2D eigenvalue weighted by Crippen LogP contribution is 2.27. The molecule has 0 amide bonds. The summed E-state index contributed by atoms with van der Waals surface area (Å²) in [5.41, 5.74) is -0.0805. The fourth-order valence-electron chi connectivity index (χ4n) is 2.66. The molecule has 1 fully saturated rings. The van der Waals surface area contributed by atoms with Gasteiger partial charge < -0.3 is 15.5 Å². The number of aliphatic hydroxyl groups excluding tert-OH is 1. The molecule has 1 atom stereocenters. The van der Waals surface area contributed by atoms with Crippen molar-refractivity contribution in [3.8, 4) is 0 Å². The second-order valence-corrected chi connectivity index (χ2v) is 5.49. The van der Waals surface area contributed by atoms with Gasteiger partial charge in [0.25, 0.3) is 0 Å². The van der Waals surface area contributed by atoms with Crippen molar-refractivity contribution < 1.29 is 14.6 Å². The highest BCUT2D eigenvalue weighted by Gasteiger charge is 2.28. The number of halogens is 1. The molecule has 106 valence electrons. The van der Waals surface area contributed by atoms with Gasteiger partial charge in [-0.15, -0.1) is 0 Å². The van der Waals surface area contributed by atoms with Crippen molar-refractivity contribution in [1.29, 1.82) is 0 Å². The largest absolute Gasteiger partial charge is 0.389 e. The number of benzene rings is 1. The summed E-state index contributed by atoms with van der Waals surface area (Å²) < 4.78 is 13.0. The zero-order valence-electron chi connectivity index (χ0n) is 11.1. The minimum atomic E-state index is -0.747. The van der Waals surface area contributed by atoms with Crippen LogP contribution in [0.15, 0.2) is 24.3 Å². The van der Waals surface area contributed by atoms with E-state index >= 15 is 0 Å². The second-order valence-electron chi connectivity index (χ2n) is 5.49. The van der Waals surface area contributed by atoms with E-state index in [0.717, 1.165) is 25.7 Å². The molecule has 4 heteroatoms. The third-order valence-electron chi connectivity index (χ3n) is 3.81. The van der Waals surface area contributed by atoms with E-state index in [4.69, 9.17) is 0 Å². The maximum absolute atomic E-state index is 13.0. The maximum Gasteiger partial charge on any atom is 0.123 e. The van der Waals surface area contributed by atoms with Crippen LogP contribution in [0.4, 0.5) is 4.39 Å². The van der Waals surface area contributed by atoms with Gasteiger partial charge in [-0.2, -0.15) is 0 Å². The average molecular weight is 267 g/mol. The number of nitrogens with one attached hydrogen (secondary N) is 1. The van der Waals surface area contributed by atoms with E-state index < -0.39 is 11.7 Å². The first-order valence-electron chi connectivity index (χ1n) is 6.96. The summed E-state index contributed by atoms with van der Waals surface area (Å²) in [4.78, 5) is 0. The molecule has 0 heterocycles. The molecule has 2 rings (SSSR count). The molecule has 1 aliphatic rings. The van der Waals surface area contributed by atoms with Gasteiger partial charge in [-0.1, -0.05) is 31.4 Å². The highest BCUT2D eigenvalue weighted by atomic mass is 19.1. The van der Waals surface area contributed by atoms with Crippen LogP contribution in [0.25, 0.3) is 0 Å². The first-order valence-corrected chi connectivity index (χ1v) is 6.96. The summed E-state index contributed by atoms with van der Waals surface area (Å²) in [7, 11) is 0. The molecule has 1 saturated carbocycles. The Kier molecular flexibility index (Phi) is 4.91. The van der Waals surface area contributed by atoms with Gasteiger partial charge in [0.1, 0.15) is 5.82 Å². The van der Waals surface area contributed by atoms with Crippen molar-refractivity contribution in [3.05, 3.63) is 35.6 Å². The van der Waals surface area contributed by atoms with Crippen molar-refractivity contribution in [2.24, 2.45) is 0 Å². The quantitative estimate of drug-likeness (QED) is 0.766. The summed E-state index contributed by atoms with van der Waals surface area (Å²) in [5, 5.41) is 23.3. The van der Waals surface area contributed by atoms with Gasteiger partial charge in [-0.3, -0.25) is 0 Å². The molecular formula is C15H22FNO2. The van der Waals surface area contributed by atoms with E-state index in [0.29, 0.717) is 18.7 Å². The van der Waals surface area contributed by atoms with Crippen LogP contribution < -0.4 is 5.32 Å². The van der Waals surface area contributed by atoms with Crippen LogP contribution in [0.2, 0.25) is 0 Å². The molecule has 0 saturated heterocycles. The first-order chi connectivity index (χ1) is 9.09. The summed E-state index contributed by atoms with van der Waals surface area (Å²) in [6.45, 7) is 0.811. The van der Waals surface area contributed by atoms with Crippen LogP contribution in [0, 0.1) is 5.82 Å². The predicted octanol–water partition coefficient (Wildman–Crippen LogP) is 2.14. The molecule has 1 unspecified atom stereocenters. The fourth-order valence-corrected chi connectivity index (χ4v) is 2.66. The molecule has 1 aliphatic carbocycles. The van der Waals surface area contributed by atoms with Gasteiger partial charge in [-0.25, -0.2) is 4.39 Å². The van der Waals surface area contributed by atoms with Crippen molar-refractivity contribution in [2.45, 2.75) is 43.8 Å². The monoisotopic (exact) mass is 267 g/mol. The Labute approximate surface area is 113 Å². The summed E-state index contributed by atoms with van der Waals surface area (Å²) in [6, 6.07) is 5.98. The van der Waals surface area contributed by atoms with E-state index in [9.17, 15) is 14.6 Å².